The van der Waals surface area contributed by atoms with Crippen molar-refractivity contribution < 1.29 is 9.32 Å². The van der Waals surface area contributed by atoms with Crippen LogP contribution in [0.25, 0.3) is 22.2 Å². The number of hydrogen-bond acceptors (Lipinski definition) is 5. The number of likely N-dealkylation sites (tertiary alicyclic amines) is 1. The number of anilines is 1. The zero-order chi connectivity index (χ0) is 21.9. The lowest BCUT2D eigenvalue weighted by Gasteiger charge is -2.30. The van der Waals surface area contributed by atoms with E-state index in [0.717, 1.165) is 48.0 Å². The quantitative estimate of drug-likeness (QED) is 0.444. The molecule has 1 aromatic heterocycles. The largest absolute Gasteiger partial charge is 0.338 e. The van der Waals surface area contributed by atoms with Crippen LogP contribution in [0.5, 0.6) is 0 Å². The van der Waals surface area contributed by atoms with Gasteiger partial charge in [0.2, 0.25) is 17.6 Å². The van der Waals surface area contributed by atoms with E-state index in [-0.39, 0.29) is 11.8 Å². The lowest BCUT2D eigenvalue weighted by molar-refractivity contribution is -0.121. The van der Waals surface area contributed by atoms with Gasteiger partial charge in [0.15, 0.2) is 0 Å². The highest BCUT2D eigenvalue weighted by atomic mass is 35.5. The van der Waals surface area contributed by atoms with Gasteiger partial charge >= 0.3 is 0 Å². The first-order chi connectivity index (χ1) is 15.7. The molecule has 0 radical (unpaired) electrons. The van der Waals surface area contributed by atoms with Crippen molar-refractivity contribution in [2.24, 2.45) is 5.92 Å². The average molecular weight is 447 g/mol. The van der Waals surface area contributed by atoms with Crippen LogP contribution < -0.4 is 5.32 Å². The highest BCUT2D eigenvalue weighted by Gasteiger charge is 2.26. The second kappa shape index (κ2) is 9.10. The van der Waals surface area contributed by atoms with Gasteiger partial charge in [-0.25, -0.2) is 0 Å². The predicted octanol–water partition coefficient (Wildman–Crippen LogP) is 5.39. The number of piperidine rings is 1. The molecule has 0 saturated carbocycles. The molecular formula is C25H23ClN4O2. The topological polar surface area (TPSA) is 71.3 Å². The molecule has 1 N–H and O–H groups in total. The number of nitrogens with zero attached hydrogens (tertiary/aromatic N) is 3. The van der Waals surface area contributed by atoms with E-state index in [1.54, 1.807) is 0 Å². The Morgan fingerprint density at radius 1 is 1.06 bits per heavy atom. The van der Waals surface area contributed by atoms with Crippen LogP contribution in [0.2, 0.25) is 5.02 Å². The fraction of sp³-hybridized carbons (Fsp3) is 0.240. The molecule has 0 unspecified atom stereocenters. The minimum atomic E-state index is -0.00470. The van der Waals surface area contributed by atoms with Gasteiger partial charge in [0.25, 0.3) is 0 Å². The van der Waals surface area contributed by atoms with Crippen molar-refractivity contribution in [3.05, 3.63) is 77.6 Å². The van der Waals surface area contributed by atoms with Crippen molar-refractivity contribution in [1.82, 2.24) is 15.0 Å². The Kier molecular flexibility index (Phi) is 5.88. The summed E-state index contributed by atoms with van der Waals surface area (Å²) in [4.78, 5) is 19.6. The van der Waals surface area contributed by atoms with E-state index in [0.29, 0.717) is 23.3 Å². The Labute approximate surface area is 191 Å². The van der Waals surface area contributed by atoms with Gasteiger partial charge in [0, 0.05) is 27.6 Å². The van der Waals surface area contributed by atoms with E-state index in [2.05, 4.69) is 32.5 Å². The minimum absolute atomic E-state index is 0.00470. The van der Waals surface area contributed by atoms with E-state index in [9.17, 15) is 4.79 Å². The third-order valence-electron chi connectivity index (χ3n) is 5.92. The molecule has 1 fully saturated rings. The third-order valence-corrected chi connectivity index (χ3v) is 6.15. The molecule has 3 aromatic carbocycles. The maximum atomic E-state index is 12.9. The smallest absolute Gasteiger partial charge is 0.241 e. The molecule has 1 aliphatic heterocycles. The molecule has 4 aromatic rings. The summed E-state index contributed by atoms with van der Waals surface area (Å²) < 4.78 is 5.43. The Balaban J connectivity index is 1.17. The zero-order valence-corrected chi connectivity index (χ0v) is 18.3. The number of amides is 1. The zero-order valence-electron chi connectivity index (χ0n) is 17.5. The van der Waals surface area contributed by atoms with Crippen LogP contribution in [0, 0.1) is 5.92 Å². The van der Waals surface area contributed by atoms with Crippen molar-refractivity contribution in [1.29, 1.82) is 0 Å². The van der Waals surface area contributed by atoms with Crippen LogP contribution >= 0.6 is 11.6 Å². The summed E-state index contributed by atoms with van der Waals surface area (Å²) in [5, 5.41) is 10.0. The van der Waals surface area contributed by atoms with Crippen LogP contribution in [-0.2, 0) is 11.3 Å². The van der Waals surface area contributed by atoms with E-state index in [4.69, 9.17) is 16.1 Å². The SMILES string of the molecule is O=C(Nc1cccc2ccccc12)C1CCN(Cc2nc(-c3cccc(Cl)c3)no2)CC1. The lowest BCUT2D eigenvalue weighted by Crippen LogP contribution is -2.37. The molecule has 0 spiro atoms. The van der Waals surface area contributed by atoms with Crippen molar-refractivity contribution in [2.45, 2.75) is 19.4 Å². The summed E-state index contributed by atoms with van der Waals surface area (Å²) in [5.74, 6) is 1.18. The molecule has 1 amide bonds. The number of nitrogens with one attached hydrogen (secondary N) is 1. The number of carbonyl (C=O) groups excluding carboxylic acids is 1. The van der Waals surface area contributed by atoms with Crippen molar-refractivity contribution in [3.63, 3.8) is 0 Å². The van der Waals surface area contributed by atoms with Crippen LogP contribution in [0.4, 0.5) is 5.69 Å². The number of benzene rings is 3. The fourth-order valence-electron chi connectivity index (χ4n) is 4.18. The fourth-order valence-corrected chi connectivity index (χ4v) is 4.37. The molecule has 0 atom stereocenters. The standard InChI is InChI=1S/C25H23ClN4O2/c26-20-8-3-7-19(15-20)24-28-23(32-29-24)16-30-13-11-18(12-14-30)25(31)27-22-10-4-6-17-5-1-2-9-21(17)22/h1-10,15,18H,11-14,16H2,(H,27,31). The molecule has 2 heterocycles. The predicted molar refractivity (Wildman–Crippen MR) is 125 cm³/mol. The Bertz CT molecular complexity index is 1240. The van der Waals surface area contributed by atoms with Gasteiger partial charge in [-0.15, -0.1) is 0 Å². The third kappa shape index (κ3) is 4.52. The van der Waals surface area contributed by atoms with E-state index in [1.165, 1.54) is 0 Å². The van der Waals surface area contributed by atoms with Crippen LogP contribution in [0.3, 0.4) is 0 Å². The maximum Gasteiger partial charge on any atom is 0.241 e. The number of aromatic nitrogens is 2. The summed E-state index contributed by atoms with van der Waals surface area (Å²) in [5.41, 5.74) is 1.70. The van der Waals surface area contributed by atoms with E-state index < -0.39 is 0 Å². The van der Waals surface area contributed by atoms with E-state index in [1.807, 2.05) is 54.6 Å². The number of halogens is 1. The van der Waals surface area contributed by atoms with Gasteiger partial charge in [-0.3, -0.25) is 9.69 Å². The lowest BCUT2D eigenvalue weighted by atomic mass is 9.95. The number of carbonyl (C=O) groups is 1. The van der Waals surface area contributed by atoms with Gasteiger partial charge in [-0.1, -0.05) is 65.3 Å². The number of hydrogen-bond donors (Lipinski definition) is 1. The number of rotatable bonds is 5. The molecule has 162 valence electrons. The van der Waals surface area contributed by atoms with Crippen LogP contribution in [-0.4, -0.2) is 34.0 Å². The molecule has 0 bridgehead atoms. The normalized spacial score (nSPS) is 15.2. The molecule has 0 aliphatic carbocycles. The monoisotopic (exact) mass is 446 g/mol. The summed E-state index contributed by atoms with van der Waals surface area (Å²) in [7, 11) is 0. The van der Waals surface area contributed by atoms with Crippen molar-refractivity contribution in [2.75, 3.05) is 18.4 Å². The molecular weight excluding hydrogens is 424 g/mol. The van der Waals surface area contributed by atoms with E-state index >= 15 is 0 Å². The minimum Gasteiger partial charge on any atom is -0.338 e. The highest BCUT2D eigenvalue weighted by Crippen LogP contribution is 2.26. The summed E-state index contributed by atoms with van der Waals surface area (Å²) in [6.07, 6.45) is 1.60. The Morgan fingerprint density at radius 3 is 2.69 bits per heavy atom. The summed E-state index contributed by atoms with van der Waals surface area (Å²) in [6.45, 7) is 2.19. The van der Waals surface area contributed by atoms with Crippen molar-refractivity contribution in [3.8, 4) is 11.4 Å². The Morgan fingerprint density at radius 2 is 1.84 bits per heavy atom. The summed E-state index contributed by atoms with van der Waals surface area (Å²) in [6, 6.07) is 21.5. The average Bonchev–Trinajstić information content (AvgIpc) is 3.28. The van der Waals surface area contributed by atoms with Crippen LogP contribution in [0.15, 0.2) is 71.3 Å². The Hall–Kier alpha value is -3.22. The first kappa shape index (κ1) is 20.7. The number of fused-ring (bicyclic) bond motifs is 1. The highest BCUT2D eigenvalue weighted by molar-refractivity contribution is 6.30. The molecule has 32 heavy (non-hydrogen) atoms. The maximum absolute atomic E-state index is 12.9. The van der Waals surface area contributed by atoms with Crippen LogP contribution in [0.1, 0.15) is 18.7 Å². The van der Waals surface area contributed by atoms with Gasteiger partial charge in [-0.05, 0) is 49.5 Å². The second-order valence-electron chi connectivity index (χ2n) is 8.09. The molecule has 6 nitrogen and oxygen atoms in total. The first-order valence-corrected chi connectivity index (χ1v) is 11.1. The molecule has 1 saturated heterocycles. The van der Waals surface area contributed by atoms with Gasteiger partial charge < -0.3 is 9.84 Å². The first-order valence-electron chi connectivity index (χ1n) is 10.8. The molecule has 5 rings (SSSR count). The second-order valence-corrected chi connectivity index (χ2v) is 8.52. The van der Waals surface area contributed by atoms with Gasteiger partial charge in [-0.2, -0.15) is 4.98 Å². The molecule has 1 aliphatic rings. The molecule has 7 heteroatoms. The van der Waals surface area contributed by atoms with Gasteiger partial charge in [0.1, 0.15) is 0 Å². The summed E-state index contributed by atoms with van der Waals surface area (Å²) >= 11 is 6.05. The van der Waals surface area contributed by atoms with Crippen molar-refractivity contribution >= 4 is 34.0 Å². The van der Waals surface area contributed by atoms with Gasteiger partial charge in [0.05, 0.1) is 6.54 Å².